The molecule has 0 aliphatic heterocycles. The number of anilines is 1. The lowest BCUT2D eigenvalue weighted by atomic mass is 10.1. The Morgan fingerprint density at radius 2 is 1.49 bits per heavy atom. The predicted octanol–water partition coefficient (Wildman–Crippen LogP) is 5.66. The third-order valence-electron chi connectivity index (χ3n) is 5.56. The first-order valence-electron chi connectivity index (χ1n) is 10.9. The number of carbonyl (C=O) groups excluding carboxylic acids is 2. The summed E-state index contributed by atoms with van der Waals surface area (Å²) >= 11 is 24.7. The highest BCUT2D eigenvalue weighted by Gasteiger charge is 2.33. The fraction of sp³-hybridized carbons (Fsp3) is 0.200. The number of hydrogen-bond donors (Lipinski definition) is 1. The zero-order valence-corrected chi connectivity index (χ0v) is 23.6. The Bertz CT molecular complexity index is 1400. The molecule has 0 unspecified atom stereocenters. The van der Waals surface area contributed by atoms with Gasteiger partial charge in [0, 0.05) is 28.7 Å². The molecular formula is C25H23Cl4N3O4S. The molecule has 0 spiro atoms. The quantitative estimate of drug-likeness (QED) is 0.342. The molecular weight excluding hydrogens is 580 g/mol. The van der Waals surface area contributed by atoms with Crippen molar-refractivity contribution in [2.45, 2.75) is 24.4 Å². The molecule has 2 amide bonds. The summed E-state index contributed by atoms with van der Waals surface area (Å²) in [6.45, 7) is 0.813. The van der Waals surface area contributed by atoms with E-state index in [1.165, 1.54) is 55.3 Å². The van der Waals surface area contributed by atoms with E-state index in [4.69, 9.17) is 46.4 Å². The molecule has 0 aromatic heterocycles. The Kier molecular flexibility index (Phi) is 9.72. The number of nitrogens with zero attached hydrogens (tertiary/aromatic N) is 2. The molecule has 0 saturated heterocycles. The largest absolute Gasteiger partial charge is 0.357 e. The molecule has 3 rings (SSSR count). The SMILES string of the molecule is CNC(=O)[C@@H](C)N(Cc1ccc(Cl)cc1Cl)C(=O)CN(c1ccc(Cl)cc1Cl)S(=O)(=O)c1ccccc1. The van der Waals surface area contributed by atoms with E-state index in [1.54, 1.807) is 30.3 Å². The maximum atomic E-state index is 13.7. The van der Waals surface area contributed by atoms with E-state index >= 15 is 0 Å². The van der Waals surface area contributed by atoms with E-state index in [-0.39, 0.29) is 22.2 Å². The van der Waals surface area contributed by atoms with Gasteiger partial charge in [0.1, 0.15) is 12.6 Å². The standard InChI is InChI=1S/C25H23Cl4N3O4S/c1-16(25(34)30-2)31(14-17-8-9-18(26)12-21(17)28)24(33)15-32(23-11-10-19(27)13-22(23)29)37(35,36)20-6-4-3-5-7-20/h3-13,16H,14-15H2,1-2H3,(H,30,34)/t16-/m1/s1. The molecule has 0 heterocycles. The molecule has 3 aromatic rings. The van der Waals surface area contributed by atoms with Gasteiger partial charge in [-0.2, -0.15) is 0 Å². The number of rotatable bonds is 9. The summed E-state index contributed by atoms with van der Waals surface area (Å²) in [6, 6.07) is 15.7. The van der Waals surface area contributed by atoms with Crippen LogP contribution in [0.2, 0.25) is 20.1 Å². The van der Waals surface area contributed by atoms with Gasteiger partial charge in [-0.15, -0.1) is 0 Å². The second-order valence-corrected chi connectivity index (χ2v) is 11.5. The monoisotopic (exact) mass is 601 g/mol. The minimum atomic E-state index is -4.24. The van der Waals surface area contributed by atoms with Gasteiger partial charge in [-0.1, -0.05) is 70.7 Å². The third kappa shape index (κ3) is 6.89. The highest BCUT2D eigenvalue weighted by molar-refractivity contribution is 7.92. The minimum absolute atomic E-state index is 0.0338. The smallest absolute Gasteiger partial charge is 0.264 e. The number of halogens is 4. The van der Waals surface area contributed by atoms with Crippen LogP contribution in [0.3, 0.4) is 0 Å². The number of hydrogen-bond acceptors (Lipinski definition) is 4. The van der Waals surface area contributed by atoms with Crippen molar-refractivity contribution in [3.05, 3.63) is 92.4 Å². The minimum Gasteiger partial charge on any atom is -0.357 e. The number of benzene rings is 3. The summed E-state index contributed by atoms with van der Waals surface area (Å²) in [5.41, 5.74) is 0.581. The van der Waals surface area contributed by atoms with Crippen LogP contribution in [0, 0.1) is 0 Å². The van der Waals surface area contributed by atoms with Gasteiger partial charge in [-0.3, -0.25) is 13.9 Å². The van der Waals surface area contributed by atoms with Crippen LogP contribution in [0.1, 0.15) is 12.5 Å². The van der Waals surface area contributed by atoms with Crippen molar-refractivity contribution in [3.63, 3.8) is 0 Å². The summed E-state index contributed by atoms with van der Waals surface area (Å²) in [6.07, 6.45) is 0. The van der Waals surface area contributed by atoms with E-state index in [0.29, 0.717) is 20.6 Å². The second kappa shape index (κ2) is 12.4. The zero-order valence-electron chi connectivity index (χ0n) is 19.8. The number of carbonyl (C=O) groups is 2. The summed E-state index contributed by atoms with van der Waals surface area (Å²) in [5.74, 6) is -1.10. The van der Waals surface area contributed by atoms with Crippen molar-refractivity contribution in [2.24, 2.45) is 0 Å². The van der Waals surface area contributed by atoms with Crippen molar-refractivity contribution >= 4 is 73.9 Å². The lowest BCUT2D eigenvalue weighted by Crippen LogP contribution is -2.50. The van der Waals surface area contributed by atoms with Crippen LogP contribution in [0.5, 0.6) is 0 Å². The molecule has 0 fully saturated rings. The summed E-state index contributed by atoms with van der Waals surface area (Å²) < 4.78 is 28.3. The van der Waals surface area contributed by atoms with Crippen molar-refractivity contribution in [1.29, 1.82) is 0 Å². The molecule has 196 valence electrons. The van der Waals surface area contributed by atoms with Crippen LogP contribution in [0.4, 0.5) is 5.69 Å². The van der Waals surface area contributed by atoms with Crippen LogP contribution in [-0.2, 0) is 26.2 Å². The number of likely N-dealkylation sites (N-methyl/N-ethyl adjacent to an activating group) is 1. The molecule has 7 nitrogen and oxygen atoms in total. The van der Waals surface area contributed by atoms with Gasteiger partial charge in [0.05, 0.1) is 15.6 Å². The third-order valence-corrected chi connectivity index (χ3v) is 8.46. The Labute approximate surface area is 235 Å². The van der Waals surface area contributed by atoms with Gasteiger partial charge in [0.2, 0.25) is 11.8 Å². The highest BCUT2D eigenvalue weighted by Crippen LogP contribution is 2.33. The average Bonchev–Trinajstić information content (AvgIpc) is 2.86. The van der Waals surface area contributed by atoms with Crippen molar-refractivity contribution in [2.75, 3.05) is 17.9 Å². The Morgan fingerprint density at radius 3 is 2.05 bits per heavy atom. The Balaban J connectivity index is 2.07. The van der Waals surface area contributed by atoms with Crippen molar-refractivity contribution < 1.29 is 18.0 Å². The topological polar surface area (TPSA) is 86.8 Å². The number of amides is 2. The van der Waals surface area contributed by atoms with Crippen LogP contribution < -0.4 is 9.62 Å². The van der Waals surface area contributed by atoms with E-state index in [9.17, 15) is 18.0 Å². The molecule has 1 atom stereocenters. The lowest BCUT2D eigenvalue weighted by Gasteiger charge is -2.32. The first-order chi connectivity index (χ1) is 17.4. The maximum absolute atomic E-state index is 13.7. The summed E-state index contributed by atoms with van der Waals surface area (Å²) in [7, 11) is -2.80. The first kappa shape index (κ1) is 29.1. The van der Waals surface area contributed by atoms with Gasteiger partial charge in [0.15, 0.2) is 0 Å². The van der Waals surface area contributed by atoms with Crippen molar-refractivity contribution in [1.82, 2.24) is 10.2 Å². The van der Waals surface area contributed by atoms with E-state index in [1.807, 2.05) is 0 Å². The molecule has 37 heavy (non-hydrogen) atoms. The predicted molar refractivity (Wildman–Crippen MR) is 148 cm³/mol. The van der Waals surface area contributed by atoms with Gasteiger partial charge in [-0.25, -0.2) is 8.42 Å². The molecule has 12 heteroatoms. The summed E-state index contributed by atoms with van der Waals surface area (Å²) in [5, 5.41) is 3.54. The fourth-order valence-electron chi connectivity index (χ4n) is 3.54. The van der Waals surface area contributed by atoms with Crippen LogP contribution >= 0.6 is 46.4 Å². The zero-order chi connectivity index (χ0) is 27.3. The molecule has 0 saturated carbocycles. The normalized spacial score (nSPS) is 12.1. The highest BCUT2D eigenvalue weighted by atomic mass is 35.5. The molecule has 0 aliphatic carbocycles. The fourth-order valence-corrected chi connectivity index (χ4v) is 6.02. The molecule has 0 bridgehead atoms. The summed E-state index contributed by atoms with van der Waals surface area (Å²) in [4.78, 5) is 27.5. The van der Waals surface area contributed by atoms with E-state index in [2.05, 4.69) is 5.32 Å². The average molecular weight is 603 g/mol. The Morgan fingerprint density at radius 1 is 0.892 bits per heavy atom. The van der Waals surface area contributed by atoms with E-state index in [0.717, 1.165) is 4.31 Å². The van der Waals surface area contributed by atoms with Crippen LogP contribution in [0.25, 0.3) is 0 Å². The van der Waals surface area contributed by atoms with Crippen molar-refractivity contribution in [3.8, 4) is 0 Å². The lowest BCUT2D eigenvalue weighted by molar-refractivity contribution is -0.139. The van der Waals surface area contributed by atoms with Crippen LogP contribution in [0.15, 0.2) is 71.6 Å². The molecule has 1 N–H and O–H groups in total. The first-order valence-corrected chi connectivity index (χ1v) is 13.9. The second-order valence-electron chi connectivity index (χ2n) is 7.97. The Hall–Kier alpha value is -2.49. The van der Waals surface area contributed by atoms with Gasteiger partial charge in [-0.05, 0) is 55.0 Å². The van der Waals surface area contributed by atoms with Gasteiger partial charge >= 0.3 is 0 Å². The molecule has 3 aromatic carbocycles. The molecule has 0 aliphatic rings. The number of nitrogens with one attached hydrogen (secondary N) is 1. The van der Waals surface area contributed by atoms with E-state index < -0.39 is 34.4 Å². The van der Waals surface area contributed by atoms with Gasteiger partial charge in [0.25, 0.3) is 10.0 Å². The number of sulfonamides is 1. The molecule has 0 radical (unpaired) electrons. The maximum Gasteiger partial charge on any atom is 0.264 e. The van der Waals surface area contributed by atoms with Crippen LogP contribution in [-0.4, -0.2) is 44.8 Å². The van der Waals surface area contributed by atoms with Gasteiger partial charge < -0.3 is 10.2 Å².